The van der Waals surface area contributed by atoms with Crippen LogP contribution in [0.1, 0.15) is 5.56 Å². The zero-order valence-electron chi connectivity index (χ0n) is 8.14. The van der Waals surface area contributed by atoms with E-state index in [0.717, 1.165) is 0 Å². The maximum absolute atomic E-state index is 13.3. The molecule has 0 radical (unpaired) electrons. The predicted molar refractivity (Wildman–Crippen MR) is 61.7 cm³/mol. The van der Waals surface area contributed by atoms with Gasteiger partial charge in [0.05, 0.1) is 5.33 Å². The normalized spacial score (nSPS) is 10.1. The minimum absolute atomic E-state index is 0.116. The van der Waals surface area contributed by atoms with Crippen molar-refractivity contribution < 1.29 is 9.18 Å². The first-order chi connectivity index (χ1) is 7.06. The molecule has 0 aliphatic rings. The van der Waals surface area contributed by atoms with Gasteiger partial charge in [-0.3, -0.25) is 4.79 Å². The number of halogens is 3. The van der Waals surface area contributed by atoms with Crippen LogP contribution in [0.4, 0.5) is 4.39 Å². The number of rotatable bonds is 3. The summed E-state index contributed by atoms with van der Waals surface area (Å²) >= 11 is 8.88. The predicted octanol–water partition coefficient (Wildman–Crippen LogP) is 2.83. The van der Waals surface area contributed by atoms with Gasteiger partial charge in [0.25, 0.3) is 0 Å². The van der Waals surface area contributed by atoms with E-state index in [-0.39, 0.29) is 17.8 Å². The van der Waals surface area contributed by atoms with Gasteiger partial charge in [0, 0.05) is 24.2 Å². The van der Waals surface area contributed by atoms with E-state index in [1.54, 1.807) is 13.1 Å². The molecule has 1 aromatic carbocycles. The van der Waals surface area contributed by atoms with Gasteiger partial charge in [-0.1, -0.05) is 33.6 Å². The van der Waals surface area contributed by atoms with Crippen LogP contribution in [-0.2, 0) is 11.3 Å². The van der Waals surface area contributed by atoms with Crippen LogP contribution < -0.4 is 0 Å². The molecule has 82 valence electrons. The van der Waals surface area contributed by atoms with Crippen molar-refractivity contribution in [3.8, 4) is 0 Å². The highest BCUT2D eigenvalue weighted by molar-refractivity contribution is 9.09. The molecule has 0 N–H and O–H groups in total. The van der Waals surface area contributed by atoms with E-state index >= 15 is 0 Å². The molecule has 0 saturated carbocycles. The van der Waals surface area contributed by atoms with Crippen LogP contribution in [-0.4, -0.2) is 23.2 Å². The molecule has 0 saturated heterocycles. The van der Waals surface area contributed by atoms with Crippen LogP contribution in [0, 0.1) is 5.82 Å². The van der Waals surface area contributed by atoms with Gasteiger partial charge in [-0.05, 0) is 12.1 Å². The fraction of sp³-hybridized carbons (Fsp3) is 0.300. The highest BCUT2D eigenvalue weighted by Gasteiger charge is 2.12. The first-order valence-corrected chi connectivity index (χ1v) is 5.79. The topological polar surface area (TPSA) is 20.3 Å². The van der Waals surface area contributed by atoms with Gasteiger partial charge in [0.1, 0.15) is 5.82 Å². The van der Waals surface area contributed by atoms with E-state index in [0.29, 0.717) is 10.6 Å². The number of hydrogen-bond donors (Lipinski definition) is 0. The third-order valence-electron chi connectivity index (χ3n) is 2.00. The zero-order chi connectivity index (χ0) is 11.4. The van der Waals surface area contributed by atoms with Gasteiger partial charge in [-0.15, -0.1) is 0 Å². The molecule has 1 amide bonds. The second kappa shape index (κ2) is 5.47. The van der Waals surface area contributed by atoms with E-state index in [2.05, 4.69) is 15.9 Å². The second-order valence-electron chi connectivity index (χ2n) is 3.08. The molecule has 1 rings (SSSR count). The van der Waals surface area contributed by atoms with Gasteiger partial charge in [0.2, 0.25) is 5.91 Å². The molecule has 0 spiro atoms. The lowest BCUT2D eigenvalue weighted by atomic mass is 10.2. The molecular weight excluding hydrogens is 284 g/mol. The summed E-state index contributed by atoms with van der Waals surface area (Å²) in [6, 6.07) is 4.47. The summed E-state index contributed by atoms with van der Waals surface area (Å²) in [7, 11) is 1.60. The number of amides is 1. The summed E-state index contributed by atoms with van der Waals surface area (Å²) in [5.74, 6) is -0.508. The molecule has 15 heavy (non-hydrogen) atoms. The van der Waals surface area contributed by atoms with Crippen molar-refractivity contribution in [2.45, 2.75) is 6.54 Å². The first kappa shape index (κ1) is 12.5. The minimum Gasteiger partial charge on any atom is -0.341 e. The SMILES string of the molecule is CN(Cc1c(F)cccc1Cl)C(=O)CBr. The Hall–Kier alpha value is -0.610. The molecule has 0 aliphatic carbocycles. The zero-order valence-corrected chi connectivity index (χ0v) is 10.5. The van der Waals surface area contributed by atoms with Crippen LogP contribution in [0.5, 0.6) is 0 Å². The Morgan fingerprint density at radius 1 is 1.60 bits per heavy atom. The van der Waals surface area contributed by atoms with Crippen molar-refractivity contribution in [1.29, 1.82) is 0 Å². The van der Waals surface area contributed by atoms with Gasteiger partial charge in [0.15, 0.2) is 0 Å². The van der Waals surface area contributed by atoms with E-state index in [1.165, 1.54) is 17.0 Å². The fourth-order valence-corrected chi connectivity index (χ4v) is 1.76. The summed E-state index contributed by atoms with van der Waals surface area (Å²) in [4.78, 5) is 12.7. The maximum atomic E-state index is 13.3. The van der Waals surface area contributed by atoms with Gasteiger partial charge >= 0.3 is 0 Å². The monoisotopic (exact) mass is 293 g/mol. The Kier molecular flexibility index (Phi) is 4.54. The Morgan fingerprint density at radius 2 is 2.27 bits per heavy atom. The number of carbonyl (C=O) groups is 1. The second-order valence-corrected chi connectivity index (χ2v) is 4.05. The van der Waals surface area contributed by atoms with Gasteiger partial charge < -0.3 is 4.90 Å². The lowest BCUT2D eigenvalue weighted by Crippen LogP contribution is -2.27. The molecule has 0 heterocycles. The summed E-state index contributed by atoms with van der Waals surface area (Å²) in [5, 5.41) is 0.555. The number of carbonyl (C=O) groups excluding carboxylic acids is 1. The standard InChI is InChI=1S/C10H10BrClFNO/c1-14(10(15)5-11)6-7-8(12)3-2-4-9(7)13/h2-4H,5-6H2,1H3. The largest absolute Gasteiger partial charge is 0.341 e. The molecular formula is C10H10BrClFNO. The lowest BCUT2D eigenvalue weighted by molar-refractivity contribution is -0.127. The van der Waals surface area contributed by atoms with Crippen LogP contribution in [0.25, 0.3) is 0 Å². The highest BCUT2D eigenvalue weighted by Crippen LogP contribution is 2.20. The Labute approximate surface area is 101 Å². The summed E-state index contributed by atoms with van der Waals surface area (Å²) in [6.45, 7) is 0.177. The van der Waals surface area contributed by atoms with Crippen LogP contribution >= 0.6 is 27.5 Å². The van der Waals surface area contributed by atoms with Gasteiger partial charge in [-0.25, -0.2) is 4.39 Å². The van der Waals surface area contributed by atoms with Crippen LogP contribution in [0.3, 0.4) is 0 Å². The maximum Gasteiger partial charge on any atom is 0.233 e. The summed E-state index contributed by atoms with van der Waals surface area (Å²) < 4.78 is 13.3. The van der Waals surface area contributed by atoms with Crippen molar-refractivity contribution >= 4 is 33.4 Å². The van der Waals surface area contributed by atoms with Crippen LogP contribution in [0.2, 0.25) is 5.02 Å². The molecule has 0 fully saturated rings. The Balaban J connectivity index is 2.85. The number of benzene rings is 1. The fourth-order valence-electron chi connectivity index (χ4n) is 1.11. The third-order valence-corrected chi connectivity index (χ3v) is 2.83. The van der Waals surface area contributed by atoms with Gasteiger partial charge in [-0.2, -0.15) is 0 Å². The smallest absolute Gasteiger partial charge is 0.233 e. The van der Waals surface area contributed by atoms with E-state index in [1.807, 2.05) is 0 Å². The number of alkyl halides is 1. The summed E-state index contributed by atoms with van der Waals surface area (Å²) in [5.41, 5.74) is 0.343. The molecule has 5 heteroatoms. The molecule has 2 nitrogen and oxygen atoms in total. The Bertz CT molecular complexity index is 352. The van der Waals surface area contributed by atoms with Crippen LogP contribution in [0.15, 0.2) is 18.2 Å². The molecule has 0 unspecified atom stereocenters. The van der Waals surface area contributed by atoms with Crippen molar-refractivity contribution in [2.75, 3.05) is 12.4 Å². The summed E-state index contributed by atoms with van der Waals surface area (Å²) in [6.07, 6.45) is 0. The highest BCUT2D eigenvalue weighted by atomic mass is 79.9. The van der Waals surface area contributed by atoms with Crippen molar-refractivity contribution in [3.05, 3.63) is 34.6 Å². The number of nitrogens with zero attached hydrogens (tertiary/aromatic N) is 1. The Morgan fingerprint density at radius 3 is 2.80 bits per heavy atom. The molecule has 0 aliphatic heterocycles. The quantitative estimate of drug-likeness (QED) is 0.785. The van der Waals surface area contributed by atoms with Crippen molar-refractivity contribution in [2.24, 2.45) is 0 Å². The molecule has 1 aromatic rings. The molecule has 0 atom stereocenters. The minimum atomic E-state index is -0.392. The first-order valence-electron chi connectivity index (χ1n) is 4.29. The average molecular weight is 295 g/mol. The third kappa shape index (κ3) is 3.18. The van der Waals surface area contributed by atoms with E-state index < -0.39 is 5.82 Å². The van der Waals surface area contributed by atoms with E-state index in [9.17, 15) is 9.18 Å². The average Bonchev–Trinajstić information content (AvgIpc) is 2.22. The van der Waals surface area contributed by atoms with Crippen molar-refractivity contribution in [3.63, 3.8) is 0 Å². The van der Waals surface area contributed by atoms with Crippen molar-refractivity contribution in [1.82, 2.24) is 4.90 Å². The van der Waals surface area contributed by atoms with E-state index in [4.69, 9.17) is 11.6 Å². The lowest BCUT2D eigenvalue weighted by Gasteiger charge is -2.17. The number of hydrogen-bond acceptors (Lipinski definition) is 1. The molecule has 0 bridgehead atoms. The molecule has 0 aromatic heterocycles.